The van der Waals surface area contributed by atoms with Gasteiger partial charge in [-0.2, -0.15) is 4.98 Å². The van der Waals surface area contributed by atoms with E-state index in [4.69, 9.17) is 14.5 Å². The summed E-state index contributed by atoms with van der Waals surface area (Å²) in [6.07, 6.45) is 3.74. The summed E-state index contributed by atoms with van der Waals surface area (Å²) >= 11 is 0. The number of fused-ring (bicyclic) bond motifs is 1. The number of pyridine rings is 1. The van der Waals surface area contributed by atoms with Gasteiger partial charge in [-0.05, 0) is 36.3 Å². The van der Waals surface area contributed by atoms with Crippen molar-refractivity contribution in [3.8, 4) is 23.4 Å². The highest BCUT2D eigenvalue weighted by molar-refractivity contribution is 6.76. The number of aromatic nitrogens is 4. The van der Waals surface area contributed by atoms with Crippen LogP contribution in [-0.2, 0) is 16.2 Å². The summed E-state index contributed by atoms with van der Waals surface area (Å²) in [4.78, 5) is 9.39. The zero-order valence-corrected chi connectivity index (χ0v) is 19.6. The van der Waals surface area contributed by atoms with E-state index in [1.165, 1.54) is 0 Å². The van der Waals surface area contributed by atoms with Crippen LogP contribution in [0.15, 0.2) is 36.5 Å². The zero-order valence-electron chi connectivity index (χ0n) is 18.6. The molecule has 0 spiro atoms. The van der Waals surface area contributed by atoms with Crippen LogP contribution in [0.25, 0.3) is 22.3 Å². The SMILES string of the molecule is C[Si](C)(C)CCOCn1nc(C#CC2CCOCC2)nc1-c1nccc2ccccc12. The fourth-order valence-corrected chi connectivity index (χ4v) is 4.25. The van der Waals surface area contributed by atoms with Gasteiger partial charge < -0.3 is 9.47 Å². The predicted octanol–water partition coefficient (Wildman–Crippen LogP) is 4.58. The van der Waals surface area contributed by atoms with Crippen molar-refractivity contribution in [2.24, 2.45) is 5.92 Å². The van der Waals surface area contributed by atoms with Gasteiger partial charge in [0, 0.05) is 45.4 Å². The third-order valence-electron chi connectivity index (χ3n) is 5.38. The molecule has 2 aromatic heterocycles. The molecule has 1 aliphatic heterocycles. The van der Waals surface area contributed by atoms with Crippen LogP contribution < -0.4 is 0 Å². The Morgan fingerprint density at radius 3 is 2.77 bits per heavy atom. The average Bonchev–Trinajstić information content (AvgIpc) is 3.18. The van der Waals surface area contributed by atoms with E-state index in [-0.39, 0.29) is 0 Å². The minimum absolute atomic E-state index is 0.341. The second kappa shape index (κ2) is 9.73. The fraction of sp³-hybridized carbons (Fsp3) is 0.458. The number of ether oxygens (including phenoxy) is 2. The third kappa shape index (κ3) is 5.79. The lowest BCUT2D eigenvalue weighted by molar-refractivity contribution is 0.0795. The van der Waals surface area contributed by atoms with Gasteiger partial charge in [0.15, 0.2) is 5.82 Å². The maximum Gasteiger partial charge on any atom is 0.226 e. The summed E-state index contributed by atoms with van der Waals surface area (Å²) in [5, 5.41) is 6.83. The van der Waals surface area contributed by atoms with Crippen molar-refractivity contribution in [2.45, 2.75) is 45.3 Å². The fourth-order valence-electron chi connectivity index (χ4n) is 3.50. The van der Waals surface area contributed by atoms with E-state index in [2.05, 4.69) is 53.7 Å². The Kier molecular flexibility index (Phi) is 6.81. The lowest BCUT2D eigenvalue weighted by Crippen LogP contribution is -2.22. The highest BCUT2D eigenvalue weighted by atomic mass is 28.3. The lowest BCUT2D eigenvalue weighted by atomic mass is 10.0. The molecule has 0 radical (unpaired) electrons. The van der Waals surface area contributed by atoms with Crippen LogP contribution in [-0.4, -0.2) is 47.6 Å². The van der Waals surface area contributed by atoms with Crippen LogP contribution in [0.5, 0.6) is 0 Å². The Balaban J connectivity index is 1.63. The summed E-state index contributed by atoms with van der Waals surface area (Å²) in [5.41, 5.74) is 0.804. The van der Waals surface area contributed by atoms with Gasteiger partial charge in [-0.3, -0.25) is 4.98 Å². The van der Waals surface area contributed by atoms with E-state index in [0.29, 0.717) is 24.3 Å². The minimum atomic E-state index is -1.15. The van der Waals surface area contributed by atoms with Gasteiger partial charge in [-0.25, -0.2) is 4.68 Å². The molecule has 3 heterocycles. The summed E-state index contributed by atoms with van der Waals surface area (Å²) in [7, 11) is -1.15. The van der Waals surface area contributed by atoms with Crippen molar-refractivity contribution >= 4 is 18.8 Å². The van der Waals surface area contributed by atoms with E-state index in [9.17, 15) is 0 Å². The Morgan fingerprint density at radius 1 is 1.16 bits per heavy atom. The number of hydrogen-bond donors (Lipinski definition) is 0. The molecular weight excluding hydrogens is 404 g/mol. The predicted molar refractivity (Wildman–Crippen MR) is 125 cm³/mol. The van der Waals surface area contributed by atoms with Crippen LogP contribution in [0.4, 0.5) is 0 Å². The lowest BCUT2D eigenvalue weighted by Gasteiger charge is -2.16. The van der Waals surface area contributed by atoms with Gasteiger partial charge in [-0.1, -0.05) is 49.8 Å². The molecule has 0 amide bonds. The van der Waals surface area contributed by atoms with E-state index in [1.54, 1.807) is 4.68 Å². The molecule has 6 nitrogen and oxygen atoms in total. The zero-order chi connectivity index (χ0) is 21.7. The number of benzene rings is 1. The minimum Gasteiger partial charge on any atom is -0.381 e. The summed E-state index contributed by atoms with van der Waals surface area (Å²) < 4.78 is 13.2. The Morgan fingerprint density at radius 2 is 1.97 bits per heavy atom. The molecule has 1 fully saturated rings. The quantitative estimate of drug-likeness (QED) is 0.323. The van der Waals surface area contributed by atoms with E-state index in [1.807, 2.05) is 24.4 Å². The molecule has 0 N–H and O–H groups in total. The number of hydrogen-bond acceptors (Lipinski definition) is 5. The van der Waals surface area contributed by atoms with E-state index >= 15 is 0 Å². The molecule has 4 rings (SSSR count). The van der Waals surface area contributed by atoms with Crippen molar-refractivity contribution in [1.29, 1.82) is 0 Å². The van der Waals surface area contributed by atoms with Crippen LogP contribution in [0.3, 0.4) is 0 Å². The maximum absolute atomic E-state index is 5.98. The molecule has 0 unspecified atom stereocenters. The normalized spacial score (nSPS) is 15.1. The monoisotopic (exact) mass is 434 g/mol. The van der Waals surface area contributed by atoms with Crippen molar-refractivity contribution in [3.05, 3.63) is 42.4 Å². The molecule has 0 saturated carbocycles. The van der Waals surface area contributed by atoms with Gasteiger partial charge in [0.25, 0.3) is 0 Å². The van der Waals surface area contributed by atoms with Gasteiger partial charge in [0.05, 0.1) is 0 Å². The standard InChI is InChI=1S/C24H30N4O2Si/c1-31(2,3)17-16-30-18-28-24(23-21-7-5-4-6-20(21)10-13-25-23)26-22(27-28)9-8-19-11-14-29-15-12-19/h4-7,10,13,19H,11-12,14-18H2,1-3H3. The van der Waals surface area contributed by atoms with Crippen molar-refractivity contribution < 1.29 is 9.47 Å². The van der Waals surface area contributed by atoms with Gasteiger partial charge in [0.2, 0.25) is 5.82 Å². The third-order valence-corrected chi connectivity index (χ3v) is 7.08. The van der Waals surface area contributed by atoms with E-state index in [0.717, 1.165) is 55.2 Å². The summed E-state index contributed by atoms with van der Waals surface area (Å²) in [5.74, 6) is 8.07. The average molecular weight is 435 g/mol. The molecule has 1 saturated heterocycles. The van der Waals surface area contributed by atoms with Crippen LogP contribution in [0.1, 0.15) is 18.7 Å². The largest absolute Gasteiger partial charge is 0.381 e. The van der Waals surface area contributed by atoms with Crippen LogP contribution >= 0.6 is 0 Å². The van der Waals surface area contributed by atoms with Crippen LogP contribution in [0, 0.1) is 17.8 Å². The Bertz CT molecular complexity index is 1080. The first kappa shape index (κ1) is 21.7. The Labute approximate surface area is 185 Å². The molecule has 1 aliphatic rings. The first-order valence-corrected chi connectivity index (χ1v) is 14.7. The molecule has 7 heteroatoms. The highest BCUT2D eigenvalue weighted by Gasteiger charge is 2.17. The molecule has 3 aromatic rings. The number of rotatable bonds is 6. The molecule has 31 heavy (non-hydrogen) atoms. The van der Waals surface area contributed by atoms with Crippen LogP contribution in [0.2, 0.25) is 25.7 Å². The van der Waals surface area contributed by atoms with Gasteiger partial charge in [0.1, 0.15) is 12.4 Å². The summed E-state index contributed by atoms with van der Waals surface area (Å²) in [6, 6.07) is 11.3. The van der Waals surface area contributed by atoms with Crippen molar-refractivity contribution in [1.82, 2.24) is 19.7 Å². The van der Waals surface area contributed by atoms with Gasteiger partial charge in [-0.15, -0.1) is 5.10 Å². The topological polar surface area (TPSA) is 62.1 Å². The molecule has 0 atom stereocenters. The molecule has 0 bridgehead atoms. The molecule has 1 aromatic carbocycles. The van der Waals surface area contributed by atoms with E-state index < -0.39 is 8.07 Å². The molecular formula is C24H30N4O2Si. The van der Waals surface area contributed by atoms with Crippen molar-refractivity contribution in [2.75, 3.05) is 19.8 Å². The first-order chi connectivity index (χ1) is 15.0. The van der Waals surface area contributed by atoms with Crippen molar-refractivity contribution in [3.63, 3.8) is 0 Å². The second-order valence-corrected chi connectivity index (χ2v) is 14.8. The smallest absolute Gasteiger partial charge is 0.226 e. The summed E-state index contributed by atoms with van der Waals surface area (Å²) in [6.45, 7) is 9.66. The number of nitrogens with zero attached hydrogens (tertiary/aromatic N) is 4. The maximum atomic E-state index is 5.98. The van der Waals surface area contributed by atoms with Gasteiger partial charge >= 0.3 is 0 Å². The molecule has 0 aliphatic carbocycles. The second-order valence-electron chi connectivity index (χ2n) is 9.14. The molecule has 162 valence electrons. The highest BCUT2D eigenvalue weighted by Crippen LogP contribution is 2.25. The Hall–Kier alpha value is -2.53. The first-order valence-electron chi connectivity index (χ1n) is 11.0.